The SMILES string of the molecule is CC(=CCCC(C)C)C1CCC2C3CC=C4CC(O)CCC4(C)C3CCC12C. The highest BCUT2D eigenvalue weighted by atomic mass is 16.3. The van der Waals surface area contributed by atoms with Crippen molar-refractivity contribution in [1.29, 1.82) is 0 Å². The summed E-state index contributed by atoms with van der Waals surface area (Å²) in [5, 5.41) is 10.2. The zero-order chi connectivity index (χ0) is 20.1. The van der Waals surface area contributed by atoms with Gasteiger partial charge in [0.2, 0.25) is 0 Å². The van der Waals surface area contributed by atoms with E-state index in [1.54, 1.807) is 11.1 Å². The molecular weight excluding hydrogens is 340 g/mol. The fourth-order valence-corrected chi connectivity index (χ4v) is 8.18. The fraction of sp³-hybridized carbons (Fsp3) is 0.852. The first-order valence-electron chi connectivity index (χ1n) is 12.3. The molecule has 0 spiro atoms. The summed E-state index contributed by atoms with van der Waals surface area (Å²) in [6, 6.07) is 0. The van der Waals surface area contributed by atoms with Crippen LogP contribution in [0.4, 0.5) is 0 Å². The van der Waals surface area contributed by atoms with Crippen LogP contribution in [-0.4, -0.2) is 11.2 Å². The van der Waals surface area contributed by atoms with Gasteiger partial charge in [-0.1, -0.05) is 51.0 Å². The maximum atomic E-state index is 10.2. The maximum absolute atomic E-state index is 10.2. The molecular formula is C27H44O. The molecule has 1 heteroatoms. The second-order valence-electron chi connectivity index (χ2n) is 11.7. The van der Waals surface area contributed by atoms with Crippen molar-refractivity contribution in [2.75, 3.05) is 0 Å². The molecule has 0 bridgehead atoms. The lowest BCUT2D eigenvalue weighted by molar-refractivity contribution is -0.0454. The number of hydrogen-bond donors (Lipinski definition) is 1. The Labute approximate surface area is 174 Å². The van der Waals surface area contributed by atoms with E-state index in [0.717, 1.165) is 42.4 Å². The van der Waals surface area contributed by atoms with E-state index in [2.05, 4.69) is 46.8 Å². The first kappa shape index (κ1) is 20.7. The largest absolute Gasteiger partial charge is 0.393 e. The van der Waals surface area contributed by atoms with Gasteiger partial charge in [-0.05, 0) is 112 Å². The molecule has 7 atom stereocenters. The third-order valence-corrected chi connectivity index (χ3v) is 9.84. The summed E-state index contributed by atoms with van der Waals surface area (Å²) in [5.74, 6) is 4.28. The lowest BCUT2D eigenvalue weighted by Crippen LogP contribution is -2.50. The Morgan fingerprint density at radius 2 is 1.93 bits per heavy atom. The van der Waals surface area contributed by atoms with Gasteiger partial charge in [-0.2, -0.15) is 0 Å². The maximum Gasteiger partial charge on any atom is 0.0577 e. The van der Waals surface area contributed by atoms with Crippen molar-refractivity contribution in [2.24, 2.45) is 40.4 Å². The van der Waals surface area contributed by atoms with Crippen molar-refractivity contribution < 1.29 is 5.11 Å². The van der Waals surface area contributed by atoms with Crippen molar-refractivity contribution in [1.82, 2.24) is 0 Å². The highest BCUT2D eigenvalue weighted by molar-refractivity contribution is 5.26. The Morgan fingerprint density at radius 3 is 2.68 bits per heavy atom. The minimum absolute atomic E-state index is 0.0841. The molecule has 4 rings (SSSR count). The molecule has 7 unspecified atom stereocenters. The molecule has 3 saturated carbocycles. The fourth-order valence-electron chi connectivity index (χ4n) is 8.18. The summed E-state index contributed by atoms with van der Waals surface area (Å²) < 4.78 is 0. The normalized spacial score (nSPS) is 46.0. The molecule has 1 nitrogen and oxygen atoms in total. The van der Waals surface area contributed by atoms with Crippen molar-refractivity contribution in [3.63, 3.8) is 0 Å². The highest BCUT2D eigenvalue weighted by Crippen LogP contribution is 2.67. The lowest BCUT2D eigenvalue weighted by Gasteiger charge is -2.58. The van der Waals surface area contributed by atoms with Crippen LogP contribution in [0.15, 0.2) is 23.3 Å². The summed E-state index contributed by atoms with van der Waals surface area (Å²) in [6.07, 6.45) is 17.8. The predicted octanol–water partition coefficient (Wildman–Crippen LogP) is 7.31. The molecule has 0 radical (unpaired) electrons. The van der Waals surface area contributed by atoms with Crippen LogP contribution >= 0.6 is 0 Å². The average molecular weight is 385 g/mol. The van der Waals surface area contributed by atoms with E-state index < -0.39 is 0 Å². The first-order valence-corrected chi connectivity index (χ1v) is 12.3. The molecule has 3 fully saturated rings. The number of allylic oxidation sites excluding steroid dienone is 3. The number of aliphatic hydroxyl groups is 1. The van der Waals surface area contributed by atoms with Crippen LogP contribution < -0.4 is 0 Å². The van der Waals surface area contributed by atoms with Gasteiger partial charge >= 0.3 is 0 Å². The molecule has 4 aliphatic carbocycles. The molecule has 0 aromatic heterocycles. The van der Waals surface area contributed by atoms with Gasteiger partial charge in [0.15, 0.2) is 0 Å². The zero-order valence-electron chi connectivity index (χ0n) is 19.1. The van der Waals surface area contributed by atoms with Gasteiger partial charge < -0.3 is 5.11 Å². The van der Waals surface area contributed by atoms with E-state index in [9.17, 15) is 5.11 Å². The highest BCUT2D eigenvalue weighted by Gasteiger charge is 2.58. The summed E-state index contributed by atoms with van der Waals surface area (Å²) in [5.41, 5.74) is 4.21. The molecule has 158 valence electrons. The van der Waals surface area contributed by atoms with E-state index in [4.69, 9.17) is 0 Å². The van der Waals surface area contributed by atoms with E-state index >= 15 is 0 Å². The topological polar surface area (TPSA) is 20.2 Å². The number of fused-ring (bicyclic) bond motifs is 5. The van der Waals surface area contributed by atoms with Crippen LogP contribution in [0, 0.1) is 40.4 Å². The molecule has 28 heavy (non-hydrogen) atoms. The van der Waals surface area contributed by atoms with Crippen LogP contribution in [0.2, 0.25) is 0 Å². The standard InChI is InChI=1S/C27H44O/c1-18(2)7-6-8-19(3)23-11-12-24-22-10-9-20-17-21(28)13-15-26(20,4)25(22)14-16-27(23,24)5/h8-9,18,21-25,28H,6-7,10-17H2,1-5H3. The predicted molar refractivity (Wildman–Crippen MR) is 119 cm³/mol. The molecule has 0 heterocycles. The molecule has 0 amide bonds. The Hall–Kier alpha value is -0.560. The smallest absolute Gasteiger partial charge is 0.0577 e. The van der Waals surface area contributed by atoms with Crippen LogP contribution in [0.1, 0.15) is 98.8 Å². The molecule has 4 aliphatic rings. The average Bonchev–Trinajstić information content (AvgIpc) is 2.99. The molecule has 0 aromatic carbocycles. The van der Waals surface area contributed by atoms with Crippen molar-refractivity contribution >= 4 is 0 Å². The quantitative estimate of drug-likeness (QED) is 0.504. The number of aliphatic hydroxyl groups excluding tert-OH is 1. The van der Waals surface area contributed by atoms with Gasteiger partial charge in [0.1, 0.15) is 0 Å². The second kappa shape index (κ2) is 7.60. The minimum atomic E-state index is -0.0841. The molecule has 1 N–H and O–H groups in total. The van der Waals surface area contributed by atoms with Gasteiger partial charge in [-0.3, -0.25) is 0 Å². The summed E-state index contributed by atoms with van der Waals surface area (Å²) in [6.45, 7) is 12.3. The van der Waals surface area contributed by atoms with Gasteiger partial charge in [0.05, 0.1) is 6.10 Å². The van der Waals surface area contributed by atoms with Gasteiger partial charge in [0.25, 0.3) is 0 Å². The van der Waals surface area contributed by atoms with E-state index in [-0.39, 0.29) is 6.10 Å². The van der Waals surface area contributed by atoms with E-state index in [0.29, 0.717) is 10.8 Å². The number of hydrogen-bond acceptors (Lipinski definition) is 1. The van der Waals surface area contributed by atoms with Crippen molar-refractivity contribution in [3.8, 4) is 0 Å². The Balaban J connectivity index is 1.54. The zero-order valence-corrected chi connectivity index (χ0v) is 19.1. The molecule has 0 saturated heterocycles. The third-order valence-electron chi connectivity index (χ3n) is 9.84. The Kier molecular flexibility index (Phi) is 5.62. The van der Waals surface area contributed by atoms with E-state index in [1.807, 2.05) is 0 Å². The summed E-state index contributed by atoms with van der Waals surface area (Å²) >= 11 is 0. The molecule has 0 aromatic rings. The summed E-state index contributed by atoms with van der Waals surface area (Å²) in [4.78, 5) is 0. The third kappa shape index (κ3) is 3.34. The Bertz CT molecular complexity index is 643. The van der Waals surface area contributed by atoms with E-state index in [1.165, 1.54) is 51.4 Å². The van der Waals surface area contributed by atoms with Crippen LogP contribution in [-0.2, 0) is 0 Å². The second-order valence-corrected chi connectivity index (χ2v) is 11.7. The van der Waals surface area contributed by atoms with Crippen LogP contribution in [0.3, 0.4) is 0 Å². The monoisotopic (exact) mass is 384 g/mol. The number of rotatable bonds is 4. The van der Waals surface area contributed by atoms with Crippen molar-refractivity contribution in [2.45, 2.75) is 105 Å². The minimum Gasteiger partial charge on any atom is -0.393 e. The van der Waals surface area contributed by atoms with Crippen LogP contribution in [0.5, 0.6) is 0 Å². The van der Waals surface area contributed by atoms with Crippen LogP contribution in [0.25, 0.3) is 0 Å². The van der Waals surface area contributed by atoms with Gasteiger partial charge in [-0.15, -0.1) is 0 Å². The van der Waals surface area contributed by atoms with Gasteiger partial charge in [0, 0.05) is 0 Å². The Morgan fingerprint density at radius 1 is 1.14 bits per heavy atom. The first-order chi connectivity index (χ1) is 13.3. The van der Waals surface area contributed by atoms with Crippen molar-refractivity contribution in [3.05, 3.63) is 23.3 Å². The lowest BCUT2D eigenvalue weighted by atomic mass is 9.47. The van der Waals surface area contributed by atoms with Gasteiger partial charge in [-0.25, -0.2) is 0 Å². The summed E-state index contributed by atoms with van der Waals surface area (Å²) in [7, 11) is 0. The molecule has 0 aliphatic heterocycles.